The number of carbonyl (C=O) groups excluding carboxylic acids is 2. The molecule has 7 nitrogen and oxygen atoms in total. The number of rotatable bonds is 7. The van der Waals surface area contributed by atoms with E-state index in [-0.39, 0.29) is 11.8 Å². The Hall–Kier alpha value is -3.68. The first-order chi connectivity index (χ1) is 17.6. The quantitative estimate of drug-likeness (QED) is 0.502. The minimum absolute atomic E-state index is 0.0528. The Bertz CT molecular complexity index is 1220. The van der Waals surface area contributed by atoms with Gasteiger partial charge in [-0.25, -0.2) is 0 Å². The lowest BCUT2D eigenvalue weighted by Gasteiger charge is -2.50. The standard InChI is InChI=1S/C29H31N3O4/c1-35-26-13-10-23(27(33)30-24-11-8-22(9-12-24)21-6-3-2-4-7-21)20-25(26)31-28(34)29(14-5-15-29)32-16-18-36-19-17-32/h2-4,6-13,20H,5,14-19H2,1H3,(H,30,33)(H,31,34). The van der Waals surface area contributed by atoms with Crippen LogP contribution < -0.4 is 15.4 Å². The number of anilines is 2. The van der Waals surface area contributed by atoms with E-state index in [0.717, 1.165) is 43.5 Å². The van der Waals surface area contributed by atoms with Crippen LogP contribution in [0, 0.1) is 0 Å². The molecule has 1 aliphatic heterocycles. The van der Waals surface area contributed by atoms with E-state index in [1.165, 1.54) is 0 Å². The molecular weight excluding hydrogens is 454 g/mol. The Labute approximate surface area is 211 Å². The Kier molecular flexibility index (Phi) is 7.02. The largest absolute Gasteiger partial charge is 0.495 e. The molecule has 5 rings (SSSR count). The van der Waals surface area contributed by atoms with Gasteiger partial charge in [-0.1, -0.05) is 42.5 Å². The number of nitrogens with one attached hydrogen (secondary N) is 2. The Balaban J connectivity index is 1.30. The van der Waals surface area contributed by atoms with E-state index in [1.54, 1.807) is 25.3 Å². The summed E-state index contributed by atoms with van der Waals surface area (Å²) in [5.74, 6) is 0.207. The third-order valence-corrected chi connectivity index (χ3v) is 7.18. The van der Waals surface area contributed by atoms with Crippen molar-refractivity contribution in [3.8, 4) is 16.9 Å². The number of benzene rings is 3. The maximum absolute atomic E-state index is 13.5. The van der Waals surface area contributed by atoms with E-state index < -0.39 is 5.54 Å². The Morgan fingerprint density at radius 3 is 2.22 bits per heavy atom. The molecular formula is C29H31N3O4. The fourth-order valence-electron chi connectivity index (χ4n) is 4.96. The number of ether oxygens (including phenoxy) is 2. The molecule has 1 aliphatic carbocycles. The number of amides is 2. The number of morpholine rings is 1. The van der Waals surface area contributed by atoms with Crippen molar-refractivity contribution in [3.05, 3.63) is 78.4 Å². The van der Waals surface area contributed by atoms with Crippen LogP contribution in [0.4, 0.5) is 11.4 Å². The lowest BCUT2D eigenvalue weighted by Crippen LogP contribution is -2.63. The van der Waals surface area contributed by atoms with Crippen LogP contribution in [-0.2, 0) is 9.53 Å². The lowest BCUT2D eigenvalue weighted by atomic mass is 9.74. The van der Waals surface area contributed by atoms with Gasteiger partial charge in [-0.3, -0.25) is 14.5 Å². The number of hydrogen-bond acceptors (Lipinski definition) is 5. The van der Waals surface area contributed by atoms with Crippen LogP contribution in [0.25, 0.3) is 11.1 Å². The average molecular weight is 486 g/mol. The third-order valence-electron chi connectivity index (χ3n) is 7.18. The van der Waals surface area contributed by atoms with Gasteiger partial charge in [-0.15, -0.1) is 0 Å². The van der Waals surface area contributed by atoms with Crippen molar-refractivity contribution in [2.75, 3.05) is 44.0 Å². The summed E-state index contributed by atoms with van der Waals surface area (Å²) in [5.41, 5.74) is 3.30. The molecule has 36 heavy (non-hydrogen) atoms. The highest BCUT2D eigenvalue weighted by Gasteiger charge is 2.49. The van der Waals surface area contributed by atoms with Gasteiger partial charge in [0.15, 0.2) is 0 Å². The molecule has 1 saturated carbocycles. The molecule has 0 bridgehead atoms. The van der Waals surface area contributed by atoms with Gasteiger partial charge in [0.25, 0.3) is 5.91 Å². The fourth-order valence-corrected chi connectivity index (χ4v) is 4.96. The zero-order valence-electron chi connectivity index (χ0n) is 20.5. The Morgan fingerprint density at radius 1 is 0.889 bits per heavy atom. The number of nitrogens with zero attached hydrogens (tertiary/aromatic N) is 1. The first-order valence-corrected chi connectivity index (χ1v) is 12.4. The molecule has 7 heteroatoms. The molecule has 0 aromatic heterocycles. The first-order valence-electron chi connectivity index (χ1n) is 12.4. The summed E-state index contributed by atoms with van der Waals surface area (Å²) >= 11 is 0. The van der Waals surface area contributed by atoms with Gasteiger partial charge in [0.1, 0.15) is 11.3 Å². The van der Waals surface area contributed by atoms with Gasteiger partial charge in [0.2, 0.25) is 5.91 Å². The smallest absolute Gasteiger partial charge is 0.255 e. The second-order valence-electron chi connectivity index (χ2n) is 9.25. The monoisotopic (exact) mass is 485 g/mol. The van der Waals surface area contributed by atoms with E-state index in [1.807, 2.05) is 54.6 Å². The number of hydrogen-bond donors (Lipinski definition) is 2. The van der Waals surface area contributed by atoms with Gasteiger partial charge in [-0.2, -0.15) is 0 Å². The van der Waals surface area contributed by atoms with Crippen LogP contribution >= 0.6 is 0 Å². The molecule has 0 unspecified atom stereocenters. The van der Waals surface area contributed by atoms with Crippen molar-refractivity contribution >= 4 is 23.2 Å². The molecule has 1 saturated heterocycles. The van der Waals surface area contributed by atoms with Crippen LogP contribution in [0.5, 0.6) is 5.75 Å². The lowest BCUT2D eigenvalue weighted by molar-refractivity contribution is -0.139. The third kappa shape index (κ3) is 4.85. The zero-order valence-corrected chi connectivity index (χ0v) is 20.5. The summed E-state index contributed by atoms with van der Waals surface area (Å²) in [5, 5.41) is 6.00. The SMILES string of the molecule is COc1ccc(C(=O)Nc2ccc(-c3ccccc3)cc2)cc1NC(=O)C1(N2CCOCC2)CCC1. The van der Waals surface area contributed by atoms with Gasteiger partial charge < -0.3 is 20.1 Å². The van der Waals surface area contributed by atoms with Gasteiger partial charge >= 0.3 is 0 Å². The van der Waals surface area contributed by atoms with Crippen LogP contribution in [0.3, 0.4) is 0 Å². The number of methoxy groups -OCH3 is 1. The van der Waals surface area contributed by atoms with Crippen LogP contribution in [0.15, 0.2) is 72.8 Å². The zero-order chi connectivity index (χ0) is 25.0. The minimum Gasteiger partial charge on any atom is -0.495 e. The first kappa shape index (κ1) is 24.0. The maximum atomic E-state index is 13.5. The normalized spacial score (nSPS) is 17.0. The fraction of sp³-hybridized carbons (Fsp3) is 0.310. The highest BCUT2D eigenvalue weighted by atomic mass is 16.5. The summed E-state index contributed by atoms with van der Waals surface area (Å²) in [6, 6.07) is 22.9. The van der Waals surface area contributed by atoms with E-state index in [0.29, 0.717) is 35.9 Å². The molecule has 0 atom stereocenters. The van der Waals surface area contributed by atoms with E-state index in [4.69, 9.17) is 9.47 Å². The highest BCUT2D eigenvalue weighted by Crippen LogP contribution is 2.40. The van der Waals surface area contributed by atoms with Crippen molar-refractivity contribution < 1.29 is 19.1 Å². The minimum atomic E-state index is -0.520. The molecule has 1 heterocycles. The van der Waals surface area contributed by atoms with E-state index >= 15 is 0 Å². The Morgan fingerprint density at radius 2 is 1.58 bits per heavy atom. The van der Waals surface area contributed by atoms with Gasteiger partial charge in [0, 0.05) is 24.3 Å². The van der Waals surface area contributed by atoms with Crippen LogP contribution in [0.1, 0.15) is 29.6 Å². The van der Waals surface area contributed by atoms with Crippen molar-refractivity contribution in [2.45, 2.75) is 24.8 Å². The summed E-state index contributed by atoms with van der Waals surface area (Å²) in [6.07, 6.45) is 2.66. The van der Waals surface area contributed by atoms with Gasteiger partial charge in [0.05, 0.1) is 26.0 Å². The molecule has 2 fully saturated rings. The van der Waals surface area contributed by atoms with E-state index in [2.05, 4.69) is 15.5 Å². The highest BCUT2D eigenvalue weighted by molar-refractivity contribution is 6.06. The molecule has 0 spiro atoms. The summed E-state index contributed by atoms with van der Waals surface area (Å²) < 4.78 is 11.0. The van der Waals surface area contributed by atoms with Crippen molar-refractivity contribution in [1.29, 1.82) is 0 Å². The molecule has 2 aliphatic rings. The molecule has 186 valence electrons. The molecule has 3 aromatic carbocycles. The molecule has 2 N–H and O–H groups in total. The molecule has 3 aromatic rings. The predicted octanol–water partition coefficient (Wildman–Crippen LogP) is 4.81. The molecule has 0 radical (unpaired) electrons. The second kappa shape index (κ2) is 10.5. The molecule has 2 amide bonds. The van der Waals surface area contributed by atoms with Gasteiger partial charge in [-0.05, 0) is 60.7 Å². The van der Waals surface area contributed by atoms with Crippen LogP contribution in [0.2, 0.25) is 0 Å². The second-order valence-corrected chi connectivity index (χ2v) is 9.25. The predicted molar refractivity (Wildman–Crippen MR) is 140 cm³/mol. The van der Waals surface area contributed by atoms with E-state index in [9.17, 15) is 9.59 Å². The summed E-state index contributed by atoms with van der Waals surface area (Å²) in [7, 11) is 1.56. The summed E-state index contributed by atoms with van der Waals surface area (Å²) in [6.45, 7) is 2.77. The van der Waals surface area contributed by atoms with Crippen molar-refractivity contribution in [2.24, 2.45) is 0 Å². The average Bonchev–Trinajstić information content (AvgIpc) is 2.89. The summed E-state index contributed by atoms with van der Waals surface area (Å²) in [4.78, 5) is 28.7. The van der Waals surface area contributed by atoms with Crippen molar-refractivity contribution in [3.63, 3.8) is 0 Å². The van der Waals surface area contributed by atoms with Crippen molar-refractivity contribution in [1.82, 2.24) is 4.90 Å². The topological polar surface area (TPSA) is 79.9 Å². The van der Waals surface area contributed by atoms with Crippen LogP contribution in [-0.4, -0.2) is 55.7 Å². The maximum Gasteiger partial charge on any atom is 0.255 e. The number of carbonyl (C=O) groups is 2.